The Morgan fingerprint density at radius 2 is 1.64 bits per heavy atom. The van der Waals surface area contributed by atoms with E-state index < -0.39 is 0 Å². The highest BCUT2D eigenvalue weighted by Gasteiger charge is 2.13. The third kappa shape index (κ3) is 3.16. The molecule has 0 radical (unpaired) electrons. The average Bonchev–Trinajstić information content (AvgIpc) is 3.06. The number of hydrogen-bond acceptors (Lipinski definition) is 3. The van der Waals surface area contributed by atoms with Gasteiger partial charge in [0.25, 0.3) is 5.91 Å². The van der Waals surface area contributed by atoms with E-state index in [1.807, 2.05) is 73.7 Å². The molecule has 0 atom stereocenters. The van der Waals surface area contributed by atoms with Gasteiger partial charge < -0.3 is 5.32 Å². The van der Waals surface area contributed by atoms with Gasteiger partial charge in [0, 0.05) is 11.1 Å². The van der Waals surface area contributed by atoms with Crippen LogP contribution in [-0.2, 0) is 0 Å². The van der Waals surface area contributed by atoms with Crippen molar-refractivity contribution < 1.29 is 4.79 Å². The van der Waals surface area contributed by atoms with E-state index in [0.29, 0.717) is 5.56 Å². The van der Waals surface area contributed by atoms with E-state index in [4.69, 9.17) is 4.98 Å². The number of nitrogens with one attached hydrogen (secondary N) is 1. The van der Waals surface area contributed by atoms with Crippen molar-refractivity contribution in [1.29, 1.82) is 0 Å². The molecule has 1 heterocycles. The Hall–Kier alpha value is -2.98. The van der Waals surface area contributed by atoms with Gasteiger partial charge in [-0.3, -0.25) is 4.79 Å². The number of para-hydroxylation sites is 2. The molecule has 1 amide bonds. The molecular weight excluding hydrogens is 328 g/mol. The van der Waals surface area contributed by atoms with Gasteiger partial charge in [0.05, 0.1) is 15.9 Å². The quantitative estimate of drug-likeness (QED) is 0.531. The standard InChI is InChI=1S/C21H16N2OS/c1-14-10-12-15(13-11-14)20(24)22-17-7-3-2-6-16(17)21-23-18-8-4-5-9-19(18)25-21/h2-13H,1H3,(H,22,24). The number of aromatic nitrogens is 1. The number of rotatable bonds is 3. The second-order valence-corrected chi connectivity index (χ2v) is 6.88. The van der Waals surface area contributed by atoms with Gasteiger partial charge in [-0.2, -0.15) is 0 Å². The summed E-state index contributed by atoms with van der Waals surface area (Å²) in [5.41, 5.74) is 4.45. The van der Waals surface area contributed by atoms with E-state index in [1.165, 1.54) is 0 Å². The summed E-state index contributed by atoms with van der Waals surface area (Å²) in [5, 5.41) is 3.92. The predicted octanol–water partition coefficient (Wildman–Crippen LogP) is 5.52. The summed E-state index contributed by atoms with van der Waals surface area (Å²) in [6.45, 7) is 2.00. The predicted molar refractivity (Wildman–Crippen MR) is 104 cm³/mol. The van der Waals surface area contributed by atoms with Gasteiger partial charge in [-0.25, -0.2) is 4.98 Å². The third-order valence-corrected chi connectivity index (χ3v) is 5.08. The van der Waals surface area contributed by atoms with Crippen molar-refractivity contribution in [2.45, 2.75) is 6.92 Å². The SMILES string of the molecule is Cc1ccc(C(=O)Nc2ccccc2-c2nc3ccccc3s2)cc1. The van der Waals surface area contributed by atoms with Crippen molar-refractivity contribution in [2.75, 3.05) is 5.32 Å². The Labute approximate surface area is 150 Å². The lowest BCUT2D eigenvalue weighted by Gasteiger charge is -2.09. The number of hydrogen-bond donors (Lipinski definition) is 1. The molecule has 4 aromatic rings. The molecule has 1 aromatic heterocycles. The van der Waals surface area contributed by atoms with Crippen LogP contribution >= 0.6 is 11.3 Å². The van der Waals surface area contributed by atoms with Gasteiger partial charge in [0.2, 0.25) is 0 Å². The largest absolute Gasteiger partial charge is 0.321 e. The molecule has 4 heteroatoms. The maximum absolute atomic E-state index is 12.6. The Morgan fingerprint density at radius 1 is 0.920 bits per heavy atom. The Bertz CT molecular complexity index is 1020. The van der Waals surface area contributed by atoms with Crippen molar-refractivity contribution >= 4 is 33.1 Å². The van der Waals surface area contributed by atoms with Crippen LogP contribution in [0.4, 0.5) is 5.69 Å². The second-order valence-electron chi connectivity index (χ2n) is 5.85. The highest BCUT2D eigenvalue weighted by molar-refractivity contribution is 7.21. The fourth-order valence-electron chi connectivity index (χ4n) is 2.67. The Morgan fingerprint density at radius 3 is 2.44 bits per heavy atom. The minimum absolute atomic E-state index is 0.117. The number of anilines is 1. The molecule has 0 unspecified atom stereocenters. The number of fused-ring (bicyclic) bond motifs is 1. The lowest BCUT2D eigenvalue weighted by molar-refractivity contribution is 0.102. The summed E-state index contributed by atoms with van der Waals surface area (Å²) in [4.78, 5) is 17.3. The van der Waals surface area contributed by atoms with Gasteiger partial charge in [0.1, 0.15) is 5.01 Å². The summed E-state index contributed by atoms with van der Waals surface area (Å²) in [6, 6.07) is 23.4. The van der Waals surface area contributed by atoms with Crippen LogP contribution < -0.4 is 5.32 Å². The second kappa shape index (κ2) is 6.49. The first-order valence-electron chi connectivity index (χ1n) is 8.04. The van der Waals surface area contributed by atoms with Crippen molar-refractivity contribution in [3.05, 3.63) is 83.9 Å². The van der Waals surface area contributed by atoms with E-state index >= 15 is 0 Å². The normalized spacial score (nSPS) is 10.8. The number of thiazole rings is 1. The van der Waals surface area contributed by atoms with Crippen LogP contribution in [0.2, 0.25) is 0 Å². The molecule has 4 rings (SSSR count). The molecule has 25 heavy (non-hydrogen) atoms. The highest BCUT2D eigenvalue weighted by atomic mass is 32.1. The molecule has 3 nitrogen and oxygen atoms in total. The molecule has 122 valence electrons. The van der Waals surface area contributed by atoms with Crippen molar-refractivity contribution in [3.63, 3.8) is 0 Å². The summed E-state index contributed by atoms with van der Waals surface area (Å²) >= 11 is 1.63. The average molecular weight is 344 g/mol. The van der Waals surface area contributed by atoms with Gasteiger partial charge in [0.15, 0.2) is 0 Å². The topological polar surface area (TPSA) is 42.0 Å². The molecule has 0 aliphatic heterocycles. The number of carbonyl (C=O) groups excluding carboxylic acids is 1. The minimum atomic E-state index is -0.117. The third-order valence-electron chi connectivity index (χ3n) is 4.01. The van der Waals surface area contributed by atoms with Gasteiger partial charge >= 0.3 is 0 Å². The zero-order chi connectivity index (χ0) is 17.2. The smallest absolute Gasteiger partial charge is 0.255 e. The first-order valence-corrected chi connectivity index (χ1v) is 8.85. The van der Waals surface area contributed by atoms with Gasteiger partial charge in [-0.05, 0) is 43.3 Å². The number of nitrogens with zero attached hydrogens (tertiary/aromatic N) is 1. The summed E-state index contributed by atoms with van der Waals surface area (Å²) < 4.78 is 1.14. The van der Waals surface area contributed by atoms with Crippen LogP contribution in [0.15, 0.2) is 72.8 Å². The van der Waals surface area contributed by atoms with Crippen LogP contribution in [0.25, 0.3) is 20.8 Å². The van der Waals surface area contributed by atoms with E-state index in [2.05, 4.69) is 11.4 Å². The highest BCUT2D eigenvalue weighted by Crippen LogP contribution is 2.34. The van der Waals surface area contributed by atoms with E-state index in [9.17, 15) is 4.79 Å². The van der Waals surface area contributed by atoms with Crippen LogP contribution in [0.1, 0.15) is 15.9 Å². The fraction of sp³-hybridized carbons (Fsp3) is 0.0476. The molecular formula is C21H16N2OS. The summed E-state index contributed by atoms with van der Waals surface area (Å²) in [5.74, 6) is -0.117. The molecule has 0 bridgehead atoms. The molecule has 0 aliphatic rings. The van der Waals surface area contributed by atoms with Crippen LogP contribution in [0.5, 0.6) is 0 Å². The molecule has 0 fully saturated rings. The fourth-order valence-corrected chi connectivity index (χ4v) is 3.67. The van der Waals surface area contributed by atoms with Gasteiger partial charge in [-0.1, -0.05) is 42.0 Å². The van der Waals surface area contributed by atoms with E-state index in [-0.39, 0.29) is 5.91 Å². The Balaban J connectivity index is 1.69. The lowest BCUT2D eigenvalue weighted by atomic mass is 10.1. The number of aryl methyl sites for hydroxylation is 1. The summed E-state index contributed by atoms with van der Waals surface area (Å²) in [7, 11) is 0. The summed E-state index contributed by atoms with van der Waals surface area (Å²) in [6.07, 6.45) is 0. The van der Waals surface area contributed by atoms with Gasteiger partial charge in [-0.15, -0.1) is 11.3 Å². The maximum Gasteiger partial charge on any atom is 0.255 e. The van der Waals surface area contributed by atoms with E-state index in [0.717, 1.165) is 32.0 Å². The maximum atomic E-state index is 12.6. The number of benzene rings is 3. The van der Waals surface area contributed by atoms with Crippen LogP contribution in [0.3, 0.4) is 0 Å². The zero-order valence-electron chi connectivity index (χ0n) is 13.7. The zero-order valence-corrected chi connectivity index (χ0v) is 14.5. The van der Waals surface area contributed by atoms with Crippen molar-refractivity contribution in [1.82, 2.24) is 4.98 Å². The number of amides is 1. The first-order chi connectivity index (χ1) is 12.2. The monoisotopic (exact) mass is 344 g/mol. The van der Waals surface area contributed by atoms with Crippen LogP contribution in [-0.4, -0.2) is 10.9 Å². The minimum Gasteiger partial charge on any atom is -0.321 e. The first kappa shape index (κ1) is 15.5. The van der Waals surface area contributed by atoms with Crippen LogP contribution in [0, 0.1) is 6.92 Å². The molecule has 3 aromatic carbocycles. The van der Waals surface area contributed by atoms with Crippen molar-refractivity contribution in [3.8, 4) is 10.6 Å². The molecule has 0 aliphatic carbocycles. The molecule has 0 saturated carbocycles. The van der Waals surface area contributed by atoms with Crippen molar-refractivity contribution in [2.24, 2.45) is 0 Å². The Kier molecular flexibility index (Phi) is 4.04. The molecule has 1 N–H and O–H groups in total. The van der Waals surface area contributed by atoms with E-state index in [1.54, 1.807) is 11.3 Å². The lowest BCUT2D eigenvalue weighted by Crippen LogP contribution is -2.12. The molecule has 0 saturated heterocycles. The number of carbonyl (C=O) groups is 1. The molecule has 0 spiro atoms.